The lowest BCUT2D eigenvalue weighted by Crippen LogP contribution is -2.34. The third-order valence-corrected chi connectivity index (χ3v) is 3.24. The minimum absolute atomic E-state index is 0.189. The van der Waals surface area contributed by atoms with Gasteiger partial charge in [-0.25, -0.2) is 4.98 Å². The van der Waals surface area contributed by atoms with Crippen LogP contribution in [0.5, 0.6) is 0 Å². The topological polar surface area (TPSA) is 42.1 Å². The summed E-state index contributed by atoms with van der Waals surface area (Å²) < 4.78 is 0. The van der Waals surface area contributed by atoms with E-state index in [9.17, 15) is 0 Å². The van der Waals surface area contributed by atoms with Gasteiger partial charge in [0, 0.05) is 24.5 Å². The van der Waals surface area contributed by atoms with E-state index in [-0.39, 0.29) is 6.04 Å². The Kier molecular flexibility index (Phi) is 2.48. The molecular weight excluding hydrogens is 210 g/mol. The van der Waals surface area contributed by atoms with Crippen LogP contribution >= 0.6 is 0 Å². The van der Waals surface area contributed by atoms with E-state index in [1.807, 2.05) is 13.0 Å². The molecule has 3 heteroatoms. The fourth-order valence-electron chi connectivity index (χ4n) is 2.49. The van der Waals surface area contributed by atoms with Gasteiger partial charge in [-0.15, -0.1) is 0 Å². The van der Waals surface area contributed by atoms with Crippen LogP contribution in [0.4, 0.5) is 5.82 Å². The molecule has 17 heavy (non-hydrogen) atoms. The Labute approximate surface area is 101 Å². The minimum atomic E-state index is 0.189. The standard InChI is InChI=1S/C14H17N3/c1-10(15)9-17-7-6-12-8-11-4-2-3-5-13(11)16-14(12)17/h2-5,8,10H,6-7,9,15H2,1H3. The van der Waals surface area contributed by atoms with Crippen LogP contribution in [0.25, 0.3) is 10.9 Å². The number of aromatic nitrogens is 1. The highest BCUT2D eigenvalue weighted by Gasteiger charge is 2.21. The number of para-hydroxylation sites is 1. The van der Waals surface area contributed by atoms with Crippen molar-refractivity contribution in [3.8, 4) is 0 Å². The smallest absolute Gasteiger partial charge is 0.132 e. The van der Waals surface area contributed by atoms with Crippen molar-refractivity contribution in [2.45, 2.75) is 19.4 Å². The highest BCUT2D eigenvalue weighted by molar-refractivity contribution is 5.82. The zero-order valence-electron chi connectivity index (χ0n) is 10.1. The van der Waals surface area contributed by atoms with Crippen LogP contribution in [0.1, 0.15) is 12.5 Å². The van der Waals surface area contributed by atoms with E-state index in [0.29, 0.717) is 0 Å². The Morgan fingerprint density at radius 1 is 1.41 bits per heavy atom. The second kappa shape index (κ2) is 4.00. The first-order valence-electron chi connectivity index (χ1n) is 6.13. The lowest BCUT2D eigenvalue weighted by Gasteiger charge is -2.20. The molecule has 0 bridgehead atoms. The van der Waals surface area contributed by atoms with Gasteiger partial charge in [-0.1, -0.05) is 18.2 Å². The third kappa shape index (κ3) is 1.87. The minimum Gasteiger partial charge on any atom is -0.354 e. The van der Waals surface area contributed by atoms with Crippen molar-refractivity contribution >= 4 is 16.7 Å². The molecule has 0 aliphatic carbocycles. The van der Waals surface area contributed by atoms with Crippen LogP contribution in [-0.4, -0.2) is 24.1 Å². The van der Waals surface area contributed by atoms with E-state index in [1.54, 1.807) is 0 Å². The number of hydrogen-bond donors (Lipinski definition) is 1. The normalized spacial score (nSPS) is 16.2. The zero-order chi connectivity index (χ0) is 11.8. The molecule has 2 aromatic rings. The van der Waals surface area contributed by atoms with Crippen molar-refractivity contribution in [2.24, 2.45) is 5.73 Å². The summed E-state index contributed by atoms with van der Waals surface area (Å²) >= 11 is 0. The predicted octanol–water partition coefficient (Wildman–Crippen LogP) is 1.94. The number of fused-ring (bicyclic) bond motifs is 2. The van der Waals surface area contributed by atoms with Crippen molar-refractivity contribution in [3.63, 3.8) is 0 Å². The molecule has 0 saturated heterocycles. The van der Waals surface area contributed by atoms with Gasteiger partial charge in [-0.05, 0) is 31.0 Å². The molecule has 1 aliphatic rings. The molecule has 2 heterocycles. The van der Waals surface area contributed by atoms with Gasteiger partial charge in [0.2, 0.25) is 0 Å². The maximum Gasteiger partial charge on any atom is 0.132 e. The number of rotatable bonds is 2. The molecule has 1 aromatic heterocycles. The maximum absolute atomic E-state index is 5.87. The van der Waals surface area contributed by atoms with Gasteiger partial charge in [0.05, 0.1) is 5.52 Å². The average molecular weight is 227 g/mol. The van der Waals surface area contributed by atoms with Crippen molar-refractivity contribution in [2.75, 3.05) is 18.0 Å². The highest BCUT2D eigenvalue weighted by Crippen LogP contribution is 2.29. The summed E-state index contributed by atoms with van der Waals surface area (Å²) in [5.74, 6) is 1.13. The van der Waals surface area contributed by atoms with Gasteiger partial charge >= 0.3 is 0 Å². The fourth-order valence-corrected chi connectivity index (χ4v) is 2.49. The Bertz CT molecular complexity index is 548. The third-order valence-electron chi connectivity index (χ3n) is 3.24. The zero-order valence-corrected chi connectivity index (χ0v) is 10.1. The molecule has 0 amide bonds. The summed E-state index contributed by atoms with van der Waals surface area (Å²) in [6.45, 7) is 3.97. The summed E-state index contributed by atoms with van der Waals surface area (Å²) in [7, 11) is 0. The van der Waals surface area contributed by atoms with Crippen LogP contribution < -0.4 is 10.6 Å². The molecule has 1 atom stereocenters. The van der Waals surface area contributed by atoms with Crippen LogP contribution in [0.15, 0.2) is 30.3 Å². The van der Waals surface area contributed by atoms with Gasteiger partial charge in [0.25, 0.3) is 0 Å². The van der Waals surface area contributed by atoms with Crippen LogP contribution in [0.2, 0.25) is 0 Å². The van der Waals surface area contributed by atoms with E-state index in [1.165, 1.54) is 10.9 Å². The van der Waals surface area contributed by atoms with Gasteiger partial charge in [0.15, 0.2) is 0 Å². The quantitative estimate of drug-likeness (QED) is 0.852. The van der Waals surface area contributed by atoms with E-state index < -0.39 is 0 Å². The molecular formula is C14H17N3. The van der Waals surface area contributed by atoms with Crippen molar-refractivity contribution in [3.05, 3.63) is 35.9 Å². The number of nitrogens with zero attached hydrogens (tertiary/aromatic N) is 2. The van der Waals surface area contributed by atoms with Crippen molar-refractivity contribution < 1.29 is 0 Å². The van der Waals surface area contributed by atoms with Crippen LogP contribution in [0.3, 0.4) is 0 Å². The van der Waals surface area contributed by atoms with E-state index in [4.69, 9.17) is 10.7 Å². The second-order valence-corrected chi connectivity index (χ2v) is 4.84. The average Bonchev–Trinajstić information content (AvgIpc) is 2.68. The molecule has 3 rings (SSSR count). The first-order valence-corrected chi connectivity index (χ1v) is 6.13. The van der Waals surface area contributed by atoms with Crippen LogP contribution in [-0.2, 0) is 6.42 Å². The predicted molar refractivity (Wildman–Crippen MR) is 71.3 cm³/mol. The first kappa shape index (κ1) is 10.5. The van der Waals surface area contributed by atoms with E-state index >= 15 is 0 Å². The number of benzene rings is 1. The summed E-state index contributed by atoms with van der Waals surface area (Å²) in [4.78, 5) is 7.06. The van der Waals surface area contributed by atoms with E-state index in [2.05, 4.69) is 29.2 Å². The molecule has 0 radical (unpaired) electrons. The lowest BCUT2D eigenvalue weighted by molar-refractivity contribution is 0.689. The summed E-state index contributed by atoms with van der Waals surface area (Å²) in [5.41, 5.74) is 8.30. The van der Waals surface area contributed by atoms with Crippen molar-refractivity contribution in [1.82, 2.24) is 4.98 Å². The highest BCUT2D eigenvalue weighted by atomic mass is 15.2. The first-order chi connectivity index (χ1) is 8.24. The molecule has 0 saturated carbocycles. The van der Waals surface area contributed by atoms with Gasteiger partial charge in [0.1, 0.15) is 5.82 Å². The summed E-state index contributed by atoms with van der Waals surface area (Å²) in [6, 6.07) is 10.7. The number of hydrogen-bond acceptors (Lipinski definition) is 3. The number of pyridine rings is 1. The molecule has 88 valence electrons. The Morgan fingerprint density at radius 3 is 3.06 bits per heavy atom. The maximum atomic E-state index is 5.87. The molecule has 3 nitrogen and oxygen atoms in total. The SMILES string of the molecule is CC(N)CN1CCc2cc3ccccc3nc21. The second-order valence-electron chi connectivity index (χ2n) is 4.84. The molecule has 0 spiro atoms. The molecule has 1 unspecified atom stereocenters. The number of anilines is 1. The molecule has 1 aromatic carbocycles. The Balaban J connectivity index is 2.05. The van der Waals surface area contributed by atoms with Gasteiger partial charge in [-0.2, -0.15) is 0 Å². The molecule has 0 fully saturated rings. The molecule has 1 aliphatic heterocycles. The van der Waals surface area contributed by atoms with Crippen molar-refractivity contribution in [1.29, 1.82) is 0 Å². The van der Waals surface area contributed by atoms with E-state index in [0.717, 1.165) is 30.8 Å². The fraction of sp³-hybridized carbons (Fsp3) is 0.357. The van der Waals surface area contributed by atoms with Crippen LogP contribution in [0, 0.1) is 0 Å². The monoisotopic (exact) mass is 227 g/mol. The Hall–Kier alpha value is -1.61. The van der Waals surface area contributed by atoms with Gasteiger partial charge < -0.3 is 10.6 Å². The largest absolute Gasteiger partial charge is 0.354 e. The summed E-state index contributed by atoms with van der Waals surface area (Å²) in [5, 5.41) is 1.23. The summed E-state index contributed by atoms with van der Waals surface area (Å²) in [6.07, 6.45) is 1.08. The lowest BCUT2D eigenvalue weighted by atomic mass is 10.1. The Morgan fingerprint density at radius 2 is 2.24 bits per heavy atom. The molecule has 2 N–H and O–H groups in total. The van der Waals surface area contributed by atoms with Gasteiger partial charge in [-0.3, -0.25) is 0 Å². The number of nitrogens with two attached hydrogens (primary N) is 1.